The number of nitrogens with zero attached hydrogens (tertiary/aromatic N) is 1. The lowest BCUT2D eigenvalue weighted by Crippen LogP contribution is -2.58. The highest BCUT2D eigenvalue weighted by Crippen LogP contribution is 2.21. The van der Waals surface area contributed by atoms with Crippen molar-refractivity contribution in [3.8, 4) is 0 Å². The normalized spacial score (nSPS) is 20.5. The van der Waals surface area contributed by atoms with E-state index in [4.69, 9.17) is 4.74 Å². The van der Waals surface area contributed by atoms with Gasteiger partial charge >= 0.3 is 5.97 Å². The van der Waals surface area contributed by atoms with Gasteiger partial charge in [-0.1, -0.05) is 6.92 Å². The van der Waals surface area contributed by atoms with Crippen LogP contribution in [0, 0.1) is 0 Å². The number of hydrogen-bond donors (Lipinski definition) is 0. The lowest BCUT2D eigenvalue weighted by molar-refractivity contribution is -0.171. The van der Waals surface area contributed by atoms with Crippen molar-refractivity contribution in [2.45, 2.75) is 39.2 Å². The van der Waals surface area contributed by atoms with Crippen molar-refractivity contribution in [2.75, 3.05) is 13.2 Å². The molecular formula is C10H17NO3. The van der Waals surface area contributed by atoms with E-state index < -0.39 is 5.54 Å². The summed E-state index contributed by atoms with van der Waals surface area (Å²) in [5, 5.41) is 0. The molecule has 1 fully saturated rings. The van der Waals surface area contributed by atoms with Crippen LogP contribution in [0.1, 0.15) is 33.6 Å². The average molecular weight is 199 g/mol. The monoisotopic (exact) mass is 199 g/mol. The minimum Gasteiger partial charge on any atom is -0.462 e. The summed E-state index contributed by atoms with van der Waals surface area (Å²) in [6.07, 6.45) is 1.30. The van der Waals surface area contributed by atoms with Crippen molar-refractivity contribution in [3.05, 3.63) is 0 Å². The molecule has 0 aliphatic carbocycles. The van der Waals surface area contributed by atoms with Crippen molar-refractivity contribution in [2.24, 2.45) is 0 Å². The summed E-state index contributed by atoms with van der Waals surface area (Å²) in [6.45, 7) is 6.23. The minimum atomic E-state index is -0.801. The first-order valence-corrected chi connectivity index (χ1v) is 4.98. The van der Waals surface area contributed by atoms with E-state index in [1.165, 1.54) is 0 Å². The summed E-state index contributed by atoms with van der Waals surface area (Å²) in [5.74, 6) is -0.276. The van der Waals surface area contributed by atoms with Gasteiger partial charge in [0, 0.05) is 6.42 Å². The first kappa shape index (κ1) is 11.0. The largest absolute Gasteiger partial charge is 0.462 e. The molecule has 1 heterocycles. The molecule has 0 unspecified atom stereocenters. The third kappa shape index (κ3) is 1.89. The van der Waals surface area contributed by atoms with Gasteiger partial charge in [0.25, 0.3) is 0 Å². The van der Waals surface area contributed by atoms with Crippen LogP contribution < -0.4 is 0 Å². The molecule has 14 heavy (non-hydrogen) atoms. The Bertz CT molecular complexity index is 248. The van der Waals surface area contributed by atoms with E-state index in [-0.39, 0.29) is 11.9 Å². The summed E-state index contributed by atoms with van der Waals surface area (Å²) in [7, 11) is 0. The molecule has 0 radical (unpaired) electrons. The Morgan fingerprint density at radius 3 is 2.79 bits per heavy atom. The van der Waals surface area contributed by atoms with Gasteiger partial charge in [-0.2, -0.15) is 0 Å². The van der Waals surface area contributed by atoms with E-state index in [1.54, 1.807) is 18.7 Å². The predicted octanol–water partition coefficient (Wildman–Crippen LogP) is 0.950. The SMILES string of the molecule is CCCC(=O)N1CCOC(=O)C1(C)C. The highest BCUT2D eigenvalue weighted by atomic mass is 16.5. The molecule has 0 aromatic carbocycles. The van der Waals surface area contributed by atoms with Crippen molar-refractivity contribution < 1.29 is 14.3 Å². The molecule has 4 heteroatoms. The van der Waals surface area contributed by atoms with Crippen molar-refractivity contribution in [1.29, 1.82) is 0 Å². The van der Waals surface area contributed by atoms with Gasteiger partial charge in [0.05, 0.1) is 6.54 Å². The third-order valence-electron chi connectivity index (χ3n) is 2.49. The molecule has 0 aromatic rings. The molecule has 80 valence electrons. The zero-order chi connectivity index (χ0) is 10.8. The van der Waals surface area contributed by atoms with Crippen molar-refractivity contribution >= 4 is 11.9 Å². The van der Waals surface area contributed by atoms with Gasteiger partial charge in [0.1, 0.15) is 12.1 Å². The topological polar surface area (TPSA) is 46.6 Å². The molecule has 0 N–H and O–H groups in total. The number of ether oxygens (including phenoxy) is 1. The van der Waals surface area contributed by atoms with Gasteiger partial charge in [0.2, 0.25) is 5.91 Å². The molecule has 0 saturated carbocycles. The van der Waals surface area contributed by atoms with Gasteiger partial charge in [-0.15, -0.1) is 0 Å². The van der Waals surface area contributed by atoms with Crippen LogP contribution in [0.3, 0.4) is 0 Å². The van der Waals surface area contributed by atoms with Gasteiger partial charge in [-0.05, 0) is 20.3 Å². The highest BCUT2D eigenvalue weighted by molar-refractivity contribution is 5.88. The Balaban J connectivity index is 2.76. The quantitative estimate of drug-likeness (QED) is 0.622. The molecule has 4 nitrogen and oxygen atoms in total. The number of rotatable bonds is 2. The van der Waals surface area contributed by atoms with E-state index in [0.29, 0.717) is 19.6 Å². The second-order valence-corrected chi connectivity index (χ2v) is 3.99. The first-order valence-electron chi connectivity index (χ1n) is 4.98. The van der Waals surface area contributed by atoms with Crippen LogP contribution in [0.2, 0.25) is 0 Å². The highest BCUT2D eigenvalue weighted by Gasteiger charge is 2.41. The number of esters is 1. The maximum absolute atomic E-state index is 11.7. The number of morpholine rings is 1. The van der Waals surface area contributed by atoms with Gasteiger partial charge in [-0.25, -0.2) is 4.79 Å². The van der Waals surface area contributed by atoms with Crippen molar-refractivity contribution in [3.63, 3.8) is 0 Å². The summed E-state index contributed by atoms with van der Waals surface area (Å²) in [4.78, 5) is 24.7. The van der Waals surface area contributed by atoms with Crippen LogP contribution >= 0.6 is 0 Å². The van der Waals surface area contributed by atoms with Crippen LogP contribution in [0.15, 0.2) is 0 Å². The van der Waals surface area contributed by atoms with Crippen LogP contribution in [-0.2, 0) is 14.3 Å². The zero-order valence-corrected chi connectivity index (χ0v) is 9.00. The Hall–Kier alpha value is -1.06. The predicted molar refractivity (Wildman–Crippen MR) is 51.7 cm³/mol. The van der Waals surface area contributed by atoms with E-state index in [2.05, 4.69) is 0 Å². The maximum atomic E-state index is 11.7. The first-order chi connectivity index (χ1) is 6.50. The van der Waals surface area contributed by atoms with Crippen LogP contribution in [0.4, 0.5) is 0 Å². The Labute approximate surface area is 84.2 Å². The second-order valence-electron chi connectivity index (χ2n) is 3.99. The summed E-state index contributed by atoms with van der Waals surface area (Å²) in [5.41, 5.74) is -0.801. The molecule has 0 atom stereocenters. The van der Waals surface area contributed by atoms with Crippen LogP contribution in [0.25, 0.3) is 0 Å². The van der Waals surface area contributed by atoms with E-state index in [0.717, 1.165) is 6.42 Å². The lowest BCUT2D eigenvalue weighted by atomic mass is 10.0. The Morgan fingerprint density at radius 1 is 1.57 bits per heavy atom. The molecule has 1 aliphatic rings. The van der Waals surface area contributed by atoms with E-state index in [1.807, 2.05) is 6.92 Å². The van der Waals surface area contributed by atoms with E-state index in [9.17, 15) is 9.59 Å². The van der Waals surface area contributed by atoms with Gasteiger partial charge in [0.15, 0.2) is 0 Å². The van der Waals surface area contributed by atoms with Crippen molar-refractivity contribution in [1.82, 2.24) is 4.90 Å². The average Bonchev–Trinajstić information content (AvgIpc) is 2.10. The lowest BCUT2D eigenvalue weighted by Gasteiger charge is -2.40. The molecular weight excluding hydrogens is 182 g/mol. The van der Waals surface area contributed by atoms with Gasteiger partial charge < -0.3 is 9.64 Å². The summed E-state index contributed by atoms with van der Waals surface area (Å²) >= 11 is 0. The number of carbonyl (C=O) groups excluding carboxylic acids is 2. The minimum absolute atomic E-state index is 0.0363. The van der Waals surface area contributed by atoms with Crippen LogP contribution in [-0.4, -0.2) is 35.5 Å². The van der Waals surface area contributed by atoms with Gasteiger partial charge in [-0.3, -0.25) is 4.79 Å². The van der Waals surface area contributed by atoms with Crippen LogP contribution in [0.5, 0.6) is 0 Å². The fraction of sp³-hybridized carbons (Fsp3) is 0.800. The standard InChI is InChI=1S/C10H17NO3/c1-4-5-8(12)11-6-7-14-9(13)10(11,2)3/h4-7H2,1-3H3. The number of amides is 1. The molecule has 1 rings (SSSR count). The summed E-state index contributed by atoms with van der Waals surface area (Å²) < 4.78 is 4.92. The second kappa shape index (κ2) is 3.98. The Morgan fingerprint density at radius 2 is 2.21 bits per heavy atom. The van der Waals surface area contributed by atoms with E-state index >= 15 is 0 Å². The number of hydrogen-bond acceptors (Lipinski definition) is 3. The molecule has 0 aromatic heterocycles. The smallest absolute Gasteiger partial charge is 0.331 e. The third-order valence-corrected chi connectivity index (χ3v) is 2.49. The molecule has 1 saturated heterocycles. The summed E-state index contributed by atoms with van der Waals surface area (Å²) in [6, 6.07) is 0. The number of carbonyl (C=O) groups is 2. The molecule has 0 bridgehead atoms. The Kier molecular flexibility index (Phi) is 3.13. The molecule has 1 aliphatic heterocycles. The molecule has 0 spiro atoms. The molecule has 1 amide bonds. The fourth-order valence-electron chi connectivity index (χ4n) is 1.58. The maximum Gasteiger partial charge on any atom is 0.331 e. The fourth-order valence-corrected chi connectivity index (χ4v) is 1.58. The number of cyclic esters (lactones) is 1. The zero-order valence-electron chi connectivity index (χ0n) is 9.00.